The molecule has 0 aromatic carbocycles. The standard InChI is InChI=1S/C15H16ClN3O2/c1-15(2)5-8(6-15)9-3-11(18-19-14(9)16)10-7-17-13(21)4-12(10)20/h3,7-8H,4-6H2,1-2H3,(H,17,21). The summed E-state index contributed by atoms with van der Waals surface area (Å²) in [5.41, 5.74) is 2.13. The monoisotopic (exact) mass is 305 g/mol. The zero-order valence-corrected chi connectivity index (χ0v) is 12.7. The summed E-state index contributed by atoms with van der Waals surface area (Å²) >= 11 is 6.15. The van der Waals surface area contributed by atoms with E-state index in [9.17, 15) is 9.59 Å². The Morgan fingerprint density at radius 3 is 2.62 bits per heavy atom. The van der Waals surface area contributed by atoms with Gasteiger partial charge in [-0.1, -0.05) is 25.4 Å². The first-order valence-electron chi connectivity index (χ1n) is 6.92. The molecule has 1 saturated carbocycles. The first-order valence-corrected chi connectivity index (χ1v) is 7.30. The molecule has 1 aliphatic carbocycles. The summed E-state index contributed by atoms with van der Waals surface area (Å²) in [6.45, 7) is 4.44. The minimum Gasteiger partial charge on any atom is -0.331 e. The van der Waals surface area contributed by atoms with Gasteiger partial charge in [0.2, 0.25) is 5.91 Å². The van der Waals surface area contributed by atoms with Crippen molar-refractivity contribution in [3.05, 3.63) is 28.7 Å². The van der Waals surface area contributed by atoms with Gasteiger partial charge in [0, 0.05) is 6.20 Å². The second-order valence-corrected chi connectivity index (χ2v) is 6.83. The molecule has 0 saturated heterocycles. The van der Waals surface area contributed by atoms with Gasteiger partial charge in [0.1, 0.15) is 0 Å². The minimum absolute atomic E-state index is 0.151. The average Bonchev–Trinajstić information content (AvgIpc) is 2.37. The van der Waals surface area contributed by atoms with E-state index in [2.05, 4.69) is 29.4 Å². The van der Waals surface area contributed by atoms with Crippen LogP contribution in [0.1, 0.15) is 50.3 Å². The van der Waals surface area contributed by atoms with Gasteiger partial charge >= 0.3 is 0 Å². The van der Waals surface area contributed by atoms with E-state index in [1.54, 1.807) is 0 Å². The van der Waals surface area contributed by atoms with Crippen LogP contribution in [0.5, 0.6) is 0 Å². The summed E-state index contributed by atoms with van der Waals surface area (Å²) in [6.07, 6.45) is 3.34. The molecule has 2 heterocycles. The lowest BCUT2D eigenvalue weighted by Gasteiger charge is -2.43. The molecule has 110 valence electrons. The van der Waals surface area contributed by atoms with Crippen LogP contribution in [0.2, 0.25) is 5.15 Å². The Morgan fingerprint density at radius 2 is 2.00 bits per heavy atom. The number of hydrogen-bond donors (Lipinski definition) is 1. The number of Topliss-reactive ketones (excluding diaryl/α,β-unsaturated/α-hetero) is 1. The molecule has 3 rings (SSSR count). The number of amides is 1. The quantitative estimate of drug-likeness (QED) is 0.852. The third-order valence-corrected chi connectivity index (χ3v) is 4.38. The molecule has 1 aromatic rings. The van der Waals surface area contributed by atoms with Gasteiger partial charge in [-0.2, -0.15) is 0 Å². The highest BCUT2D eigenvalue weighted by molar-refractivity contribution is 6.30. The Balaban J connectivity index is 1.91. The fourth-order valence-corrected chi connectivity index (χ4v) is 3.29. The SMILES string of the molecule is CC1(C)CC(c2cc(C3=CNC(=O)CC3=O)nnc2Cl)C1. The number of hydrogen-bond acceptors (Lipinski definition) is 4. The Labute approximate surface area is 127 Å². The molecule has 0 radical (unpaired) electrons. The van der Waals surface area contributed by atoms with Gasteiger partial charge in [0.15, 0.2) is 10.9 Å². The molecular formula is C15H16ClN3O2. The van der Waals surface area contributed by atoms with Crippen LogP contribution >= 0.6 is 11.6 Å². The van der Waals surface area contributed by atoms with Crippen molar-refractivity contribution >= 4 is 28.9 Å². The second-order valence-electron chi connectivity index (χ2n) is 6.47. The first-order chi connectivity index (χ1) is 9.85. The molecule has 21 heavy (non-hydrogen) atoms. The fourth-order valence-electron chi connectivity index (χ4n) is 3.05. The van der Waals surface area contributed by atoms with Crippen LogP contribution in [0.25, 0.3) is 5.57 Å². The average molecular weight is 306 g/mol. The molecule has 1 aromatic heterocycles. The van der Waals surface area contributed by atoms with E-state index >= 15 is 0 Å². The van der Waals surface area contributed by atoms with Crippen LogP contribution in [0.15, 0.2) is 12.3 Å². The van der Waals surface area contributed by atoms with Crippen LogP contribution in [-0.2, 0) is 9.59 Å². The van der Waals surface area contributed by atoms with Crippen LogP contribution < -0.4 is 5.32 Å². The van der Waals surface area contributed by atoms with E-state index < -0.39 is 0 Å². The van der Waals surface area contributed by atoms with Crippen LogP contribution in [0.3, 0.4) is 0 Å². The number of rotatable bonds is 2. The Kier molecular flexibility index (Phi) is 3.32. The maximum absolute atomic E-state index is 11.9. The van der Waals surface area contributed by atoms with E-state index in [0.29, 0.717) is 27.8 Å². The van der Waals surface area contributed by atoms with E-state index in [0.717, 1.165) is 18.4 Å². The van der Waals surface area contributed by atoms with Gasteiger partial charge in [-0.25, -0.2) is 0 Å². The first kappa shape index (κ1) is 14.2. The van der Waals surface area contributed by atoms with E-state index in [1.807, 2.05) is 6.07 Å². The van der Waals surface area contributed by atoms with Gasteiger partial charge in [-0.15, -0.1) is 10.2 Å². The van der Waals surface area contributed by atoms with Crippen molar-refractivity contribution in [2.45, 2.75) is 39.0 Å². The van der Waals surface area contributed by atoms with Crippen LogP contribution in [0.4, 0.5) is 0 Å². The van der Waals surface area contributed by atoms with Crippen molar-refractivity contribution in [1.29, 1.82) is 0 Å². The summed E-state index contributed by atoms with van der Waals surface area (Å²) in [5, 5.41) is 10.9. The number of carbonyl (C=O) groups excluding carboxylic acids is 2. The minimum atomic E-state index is -0.299. The zero-order chi connectivity index (χ0) is 15.2. The van der Waals surface area contributed by atoms with Crippen molar-refractivity contribution in [3.8, 4) is 0 Å². The molecule has 1 N–H and O–H groups in total. The maximum atomic E-state index is 11.9. The van der Waals surface area contributed by atoms with Gasteiger partial charge in [-0.05, 0) is 35.8 Å². The van der Waals surface area contributed by atoms with E-state index in [-0.39, 0.29) is 18.1 Å². The molecule has 1 amide bonds. The van der Waals surface area contributed by atoms with E-state index in [1.165, 1.54) is 6.20 Å². The summed E-state index contributed by atoms with van der Waals surface area (Å²) in [6, 6.07) is 1.83. The number of carbonyl (C=O) groups is 2. The highest BCUT2D eigenvalue weighted by Crippen LogP contribution is 2.51. The molecule has 6 heteroatoms. The molecule has 5 nitrogen and oxygen atoms in total. The summed E-state index contributed by atoms with van der Waals surface area (Å²) in [4.78, 5) is 23.1. The van der Waals surface area contributed by atoms with Gasteiger partial charge < -0.3 is 5.32 Å². The molecule has 0 spiro atoms. The lowest BCUT2D eigenvalue weighted by atomic mass is 9.62. The number of nitrogens with one attached hydrogen (secondary N) is 1. The molecule has 0 bridgehead atoms. The summed E-state index contributed by atoms with van der Waals surface area (Å²) < 4.78 is 0. The predicted molar refractivity (Wildman–Crippen MR) is 78.5 cm³/mol. The highest BCUT2D eigenvalue weighted by Gasteiger charge is 2.38. The third-order valence-electron chi connectivity index (χ3n) is 4.09. The lowest BCUT2D eigenvalue weighted by Crippen LogP contribution is -2.30. The topological polar surface area (TPSA) is 72.0 Å². The molecule has 2 aliphatic rings. The van der Waals surface area contributed by atoms with E-state index in [4.69, 9.17) is 11.6 Å². The second kappa shape index (κ2) is 4.91. The van der Waals surface area contributed by atoms with Crippen molar-refractivity contribution in [1.82, 2.24) is 15.5 Å². The molecule has 0 unspecified atom stereocenters. The van der Waals surface area contributed by atoms with Crippen molar-refractivity contribution < 1.29 is 9.59 Å². The lowest BCUT2D eigenvalue weighted by molar-refractivity contribution is -0.125. The Bertz CT molecular complexity index is 659. The maximum Gasteiger partial charge on any atom is 0.231 e. The van der Waals surface area contributed by atoms with Gasteiger partial charge in [-0.3, -0.25) is 9.59 Å². The fraction of sp³-hybridized carbons (Fsp3) is 0.467. The molecule has 1 aliphatic heterocycles. The number of allylic oxidation sites excluding steroid dienone is 1. The van der Waals surface area contributed by atoms with Crippen molar-refractivity contribution in [3.63, 3.8) is 0 Å². The normalized spacial score (nSPS) is 21.6. The molecule has 1 fully saturated rings. The number of ketones is 1. The number of nitrogens with zero attached hydrogens (tertiary/aromatic N) is 2. The van der Waals surface area contributed by atoms with Crippen LogP contribution in [-0.4, -0.2) is 21.9 Å². The van der Waals surface area contributed by atoms with Crippen molar-refractivity contribution in [2.75, 3.05) is 0 Å². The van der Waals surface area contributed by atoms with Gasteiger partial charge in [0.25, 0.3) is 0 Å². The number of halogens is 1. The van der Waals surface area contributed by atoms with Crippen molar-refractivity contribution in [2.24, 2.45) is 5.41 Å². The van der Waals surface area contributed by atoms with Gasteiger partial charge in [0.05, 0.1) is 17.7 Å². The smallest absolute Gasteiger partial charge is 0.231 e. The highest BCUT2D eigenvalue weighted by atomic mass is 35.5. The molecule has 0 atom stereocenters. The summed E-state index contributed by atoms with van der Waals surface area (Å²) in [5.74, 6) is -0.183. The van der Waals surface area contributed by atoms with Crippen LogP contribution in [0, 0.1) is 5.41 Å². The Morgan fingerprint density at radius 1 is 1.29 bits per heavy atom. The number of aromatic nitrogens is 2. The zero-order valence-electron chi connectivity index (χ0n) is 11.9. The largest absolute Gasteiger partial charge is 0.331 e. The summed E-state index contributed by atoms with van der Waals surface area (Å²) in [7, 11) is 0. The third kappa shape index (κ3) is 2.70. The predicted octanol–water partition coefficient (Wildman–Crippen LogP) is 2.46. The molecular weight excluding hydrogens is 290 g/mol. The Hall–Kier alpha value is -1.75.